The summed E-state index contributed by atoms with van der Waals surface area (Å²) in [7, 11) is 1.63. The Morgan fingerprint density at radius 3 is 2.60 bits per heavy atom. The number of imidazole rings is 1. The molecule has 6 nitrogen and oxygen atoms in total. The number of ether oxygens (including phenoxy) is 1. The number of hydrogen-bond donors (Lipinski definition) is 1. The number of halogens is 1. The highest BCUT2D eigenvalue weighted by Gasteiger charge is 2.38. The van der Waals surface area contributed by atoms with Crippen molar-refractivity contribution in [3.05, 3.63) is 76.7 Å². The number of piperidine rings is 1. The van der Waals surface area contributed by atoms with Gasteiger partial charge in [-0.25, -0.2) is 9.37 Å². The van der Waals surface area contributed by atoms with Gasteiger partial charge in [-0.15, -0.1) is 0 Å². The molecule has 1 aromatic heterocycles. The van der Waals surface area contributed by atoms with E-state index in [9.17, 15) is 4.79 Å². The number of methoxy groups -OCH3 is 1. The number of alkyl halides is 1. The maximum atomic E-state index is 15.7. The van der Waals surface area contributed by atoms with Crippen LogP contribution >= 0.6 is 0 Å². The highest BCUT2D eigenvalue weighted by atomic mass is 19.1. The van der Waals surface area contributed by atoms with Gasteiger partial charge in [-0.2, -0.15) is 5.26 Å². The van der Waals surface area contributed by atoms with E-state index in [0.717, 1.165) is 29.9 Å². The second-order valence-electron chi connectivity index (χ2n) is 9.55. The molecule has 3 aromatic rings. The van der Waals surface area contributed by atoms with Crippen molar-refractivity contribution in [1.29, 1.82) is 5.26 Å². The van der Waals surface area contributed by atoms with Crippen molar-refractivity contribution in [2.45, 2.75) is 50.3 Å². The quantitative estimate of drug-likeness (QED) is 0.516. The van der Waals surface area contributed by atoms with E-state index in [2.05, 4.69) is 22.1 Å². The third kappa shape index (κ3) is 4.59. The number of carbonyl (C=O) groups is 1. The molecule has 2 heterocycles. The number of benzene rings is 2. The number of amides is 1. The lowest BCUT2D eigenvalue weighted by Gasteiger charge is -2.37. The number of aromatic amines is 1. The first-order chi connectivity index (χ1) is 17.0. The van der Waals surface area contributed by atoms with Crippen LogP contribution in [0.15, 0.2) is 48.7 Å². The van der Waals surface area contributed by atoms with Crippen LogP contribution in [-0.2, 0) is 17.0 Å². The zero-order valence-corrected chi connectivity index (χ0v) is 19.9. The number of nitriles is 1. The summed E-state index contributed by atoms with van der Waals surface area (Å²) in [6, 6.07) is 14.7. The van der Waals surface area contributed by atoms with Crippen molar-refractivity contribution < 1.29 is 13.9 Å². The van der Waals surface area contributed by atoms with Crippen molar-refractivity contribution in [2.75, 3.05) is 20.2 Å². The van der Waals surface area contributed by atoms with Crippen LogP contribution in [-0.4, -0.2) is 41.0 Å². The van der Waals surface area contributed by atoms with Crippen LogP contribution in [0.3, 0.4) is 0 Å². The average molecular weight is 473 g/mol. The molecule has 7 heteroatoms. The van der Waals surface area contributed by atoms with Crippen LogP contribution < -0.4 is 0 Å². The largest absolute Gasteiger partial charge is 0.377 e. The Morgan fingerprint density at radius 1 is 1.23 bits per heavy atom. The van der Waals surface area contributed by atoms with Gasteiger partial charge >= 0.3 is 0 Å². The molecule has 1 aliphatic carbocycles. The molecule has 1 saturated heterocycles. The molecule has 0 unspecified atom stereocenters. The Balaban J connectivity index is 1.35. The summed E-state index contributed by atoms with van der Waals surface area (Å²) >= 11 is 0. The van der Waals surface area contributed by atoms with Crippen molar-refractivity contribution in [2.24, 2.45) is 0 Å². The molecule has 5 rings (SSSR count). The molecule has 1 N–H and O–H groups in total. The van der Waals surface area contributed by atoms with Gasteiger partial charge in [0.1, 0.15) is 18.1 Å². The lowest BCUT2D eigenvalue weighted by atomic mass is 9.77. The van der Waals surface area contributed by atoms with E-state index < -0.39 is 5.67 Å². The molecule has 1 saturated carbocycles. The first-order valence-electron chi connectivity index (χ1n) is 12.2. The number of aromatic nitrogens is 2. The van der Waals surface area contributed by atoms with E-state index in [0.29, 0.717) is 42.3 Å². The summed E-state index contributed by atoms with van der Waals surface area (Å²) in [4.78, 5) is 22.9. The summed E-state index contributed by atoms with van der Waals surface area (Å²) in [5.74, 6) is 1.17. The molecule has 1 aliphatic heterocycles. The number of rotatable bonds is 6. The fraction of sp³-hybridized carbons (Fsp3) is 0.393. The summed E-state index contributed by atoms with van der Waals surface area (Å²) in [5.41, 5.74) is 3.33. The van der Waals surface area contributed by atoms with Crippen LogP contribution in [0.2, 0.25) is 0 Å². The Labute approximate surface area is 204 Å². The molecular formula is C28H29FN4O2. The maximum Gasteiger partial charge on any atom is 0.253 e. The summed E-state index contributed by atoms with van der Waals surface area (Å²) < 4.78 is 20.9. The van der Waals surface area contributed by atoms with Crippen LogP contribution in [0.1, 0.15) is 70.9 Å². The second kappa shape index (κ2) is 9.63. The van der Waals surface area contributed by atoms with Gasteiger partial charge < -0.3 is 14.6 Å². The smallest absolute Gasteiger partial charge is 0.253 e. The predicted molar refractivity (Wildman–Crippen MR) is 130 cm³/mol. The number of hydrogen-bond acceptors (Lipinski definition) is 4. The predicted octanol–water partition coefficient (Wildman–Crippen LogP) is 5.46. The van der Waals surface area contributed by atoms with Gasteiger partial charge in [0, 0.05) is 44.2 Å². The Morgan fingerprint density at radius 2 is 1.97 bits per heavy atom. The van der Waals surface area contributed by atoms with Crippen LogP contribution in [0, 0.1) is 11.3 Å². The SMILES string of the molecule is COCc1ncc(-c2cc(C(=O)N3CCC(F)(c4ccc(C#N)cc4)CC3)ccc2C2CCC2)[nH]1. The van der Waals surface area contributed by atoms with E-state index in [4.69, 9.17) is 10.00 Å². The molecule has 0 bridgehead atoms. The number of carbonyl (C=O) groups excluding carboxylic acids is 1. The van der Waals surface area contributed by atoms with Gasteiger partial charge in [-0.3, -0.25) is 4.79 Å². The zero-order valence-electron chi connectivity index (χ0n) is 19.9. The van der Waals surface area contributed by atoms with Gasteiger partial charge in [-0.1, -0.05) is 24.6 Å². The minimum Gasteiger partial charge on any atom is -0.377 e. The van der Waals surface area contributed by atoms with Gasteiger partial charge in [-0.05, 0) is 54.2 Å². The Bertz CT molecular complexity index is 1250. The average Bonchev–Trinajstić information content (AvgIpc) is 3.32. The van der Waals surface area contributed by atoms with Crippen LogP contribution in [0.4, 0.5) is 4.39 Å². The summed E-state index contributed by atoms with van der Waals surface area (Å²) in [6.45, 7) is 1.09. The number of nitrogens with zero attached hydrogens (tertiary/aromatic N) is 3. The van der Waals surface area contributed by atoms with Crippen molar-refractivity contribution in [3.8, 4) is 17.3 Å². The Kier molecular flexibility index (Phi) is 6.40. The van der Waals surface area contributed by atoms with E-state index in [1.54, 1.807) is 42.5 Å². The highest BCUT2D eigenvalue weighted by Crippen LogP contribution is 2.42. The van der Waals surface area contributed by atoms with Gasteiger partial charge in [0.2, 0.25) is 0 Å². The van der Waals surface area contributed by atoms with Gasteiger partial charge in [0.15, 0.2) is 0 Å². The van der Waals surface area contributed by atoms with Crippen LogP contribution in [0.25, 0.3) is 11.3 Å². The molecule has 180 valence electrons. The van der Waals surface area contributed by atoms with Gasteiger partial charge in [0.05, 0.1) is 23.5 Å². The fourth-order valence-electron chi connectivity index (χ4n) is 5.09. The second-order valence-corrected chi connectivity index (χ2v) is 9.55. The van der Waals surface area contributed by atoms with Crippen molar-refractivity contribution >= 4 is 5.91 Å². The topological polar surface area (TPSA) is 82.0 Å². The first kappa shape index (κ1) is 23.3. The van der Waals surface area contributed by atoms with E-state index in [1.807, 2.05) is 12.1 Å². The minimum absolute atomic E-state index is 0.0788. The van der Waals surface area contributed by atoms with Crippen LogP contribution in [0.5, 0.6) is 0 Å². The molecule has 1 amide bonds. The number of H-pyrrole nitrogens is 1. The van der Waals surface area contributed by atoms with Gasteiger partial charge in [0.25, 0.3) is 5.91 Å². The number of nitrogens with one attached hydrogen (secondary N) is 1. The van der Waals surface area contributed by atoms with Crippen molar-refractivity contribution in [3.63, 3.8) is 0 Å². The molecule has 2 aliphatic rings. The third-order valence-corrected chi connectivity index (χ3v) is 7.42. The third-order valence-electron chi connectivity index (χ3n) is 7.42. The maximum absolute atomic E-state index is 15.7. The highest BCUT2D eigenvalue weighted by molar-refractivity contribution is 5.95. The normalized spacial score (nSPS) is 17.6. The van der Waals surface area contributed by atoms with E-state index >= 15 is 4.39 Å². The lowest BCUT2D eigenvalue weighted by Crippen LogP contribution is -2.43. The molecule has 2 aromatic carbocycles. The minimum atomic E-state index is -1.49. The molecule has 0 spiro atoms. The molecule has 0 atom stereocenters. The monoisotopic (exact) mass is 472 g/mol. The van der Waals surface area contributed by atoms with Crippen molar-refractivity contribution in [1.82, 2.24) is 14.9 Å². The van der Waals surface area contributed by atoms with E-state index in [-0.39, 0.29) is 18.7 Å². The standard InChI is InChI=1S/C28H29FN4O2/c1-35-18-26-31-17-25(32-26)24-15-21(7-10-23(24)20-3-2-4-20)27(34)33-13-11-28(29,12-14-33)22-8-5-19(16-30)6-9-22/h5-10,15,17,20H,2-4,11-14,18H2,1H3,(H,31,32). The number of likely N-dealkylation sites (tertiary alicyclic amines) is 1. The van der Waals surface area contributed by atoms with E-state index in [1.165, 1.54) is 12.0 Å². The molecule has 2 fully saturated rings. The lowest BCUT2D eigenvalue weighted by molar-refractivity contribution is 0.0421. The molecule has 35 heavy (non-hydrogen) atoms. The molecule has 0 radical (unpaired) electrons. The zero-order chi connectivity index (χ0) is 24.4. The summed E-state index contributed by atoms with van der Waals surface area (Å²) in [6.07, 6.45) is 5.80. The molecular weight excluding hydrogens is 443 g/mol. The first-order valence-corrected chi connectivity index (χ1v) is 12.2. The summed E-state index contributed by atoms with van der Waals surface area (Å²) in [5, 5.41) is 8.99. The fourth-order valence-corrected chi connectivity index (χ4v) is 5.09. The Hall–Kier alpha value is -3.50.